The summed E-state index contributed by atoms with van der Waals surface area (Å²) in [5.41, 5.74) is 1.85. The number of hydrogen-bond donors (Lipinski definition) is 2. The molecule has 0 aromatic heterocycles. The number of imide groups is 1. The highest BCUT2D eigenvalue weighted by Crippen LogP contribution is 2.31. The summed E-state index contributed by atoms with van der Waals surface area (Å²) in [7, 11) is 0. The van der Waals surface area contributed by atoms with Crippen LogP contribution in [0.25, 0.3) is 0 Å². The van der Waals surface area contributed by atoms with Gasteiger partial charge in [-0.25, -0.2) is 4.79 Å². The third-order valence-corrected chi connectivity index (χ3v) is 5.76. The van der Waals surface area contributed by atoms with E-state index in [1.165, 1.54) is 0 Å². The van der Waals surface area contributed by atoms with E-state index in [1.807, 2.05) is 15.9 Å². The molecule has 0 unspecified atom stereocenters. The van der Waals surface area contributed by atoms with Crippen molar-refractivity contribution >= 4 is 23.8 Å². The summed E-state index contributed by atoms with van der Waals surface area (Å²) < 4.78 is 0. The zero-order chi connectivity index (χ0) is 20.6. The largest absolute Gasteiger partial charge is 0.344 e. The Bertz CT molecular complexity index is 833. The van der Waals surface area contributed by atoms with E-state index in [9.17, 15) is 19.2 Å². The molecule has 9 heteroatoms. The average molecular weight is 399 g/mol. The second-order valence-corrected chi connectivity index (χ2v) is 7.97. The molecule has 0 spiro atoms. The molecule has 3 fully saturated rings. The molecule has 2 aliphatic heterocycles. The van der Waals surface area contributed by atoms with Crippen molar-refractivity contribution in [2.24, 2.45) is 5.92 Å². The van der Waals surface area contributed by atoms with Gasteiger partial charge in [0.2, 0.25) is 5.91 Å². The van der Waals surface area contributed by atoms with Crippen molar-refractivity contribution in [3.63, 3.8) is 0 Å². The molecule has 2 saturated heterocycles. The van der Waals surface area contributed by atoms with Crippen LogP contribution in [-0.4, -0.2) is 71.3 Å². The third kappa shape index (κ3) is 3.82. The van der Waals surface area contributed by atoms with Crippen LogP contribution in [0.3, 0.4) is 0 Å². The minimum absolute atomic E-state index is 0.0601. The van der Waals surface area contributed by atoms with E-state index in [0.717, 1.165) is 17.9 Å². The number of amides is 5. The molecule has 2 heterocycles. The van der Waals surface area contributed by atoms with Gasteiger partial charge >= 0.3 is 6.03 Å². The number of carbonyl (C=O) groups excluding carboxylic acids is 4. The first-order valence-corrected chi connectivity index (χ1v) is 9.91. The highest BCUT2D eigenvalue weighted by Gasteiger charge is 2.50. The predicted molar refractivity (Wildman–Crippen MR) is 103 cm³/mol. The van der Waals surface area contributed by atoms with Crippen LogP contribution >= 0.6 is 0 Å². The molecule has 154 valence electrons. The molecule has 4 rings (SSSR count). The van der Waals surface area contributed by atoms with Crippen LogP contribution in [0.15, 0.2) is 30.3 Å². The summed E-state index contributed by atoms with van der Waals surface area (Å²) in [4.78, 5) is 53.4. The molecule has 1 aromatic rings. The Kier molecular flexibility index (Phi) is 4.99. The van der Waals surface area contributed by atoms with E-state index in [4.69, 9.17) is 0 Å². The average Bonchev–Trinajstić information content (AvgIpc) is 3.54. The Hall–Kier alpha value is -2.94. The van der Waals surface area contributed by atoms with Crippen molar-refractivity contribution in [1.29, 1.82) is 0 Å². The van der Waals surface area contributed by atoms with Gasteiger partial charge in [0.15, 0.2) is 0 Å². The molecule has 1 atom stereocenters. The Labute approximate surface area is 169 Å². The first-order chi connectivity index (χ1) is 13.9. The van der Waals surface area contributed by atoms with Gasteiger partial charge in [0, 0.05) is 32.1 Å². The second-order valence-electron chi connectivity index (χ2n) is 7.97. The monoisotopic (exact) mass is 399 g/mol. The number of urea groups is 1. The number of nitrogens with one attached hydrogen (secondary N) is 2. The van der Waals surface area contributed by atoms with Crippen LogP contribution in [0.4, 0.5) is 4.79 Å². The number of hydrogen-bond acceptors (Lipinski definition) is 5. The number of nitrogens with zero attached hydrogens (tertiary/aromatic N) is 3. The molecule has 29 heavy (non-hydrogen) atoms. The standard InChI is InChI=1S/C20H25N5O4/c1-20(15-5-3-2-4-6-15)18(28)25(19(29)21-20)22-16(26)13-23-9-11-24(12-10-23)17(27)14-7-8-14/h2-6,14H,7-13H2,1H3,(H,21,29)(H,22,26)/t20-/m0/s1. The third-order valence-electron chi connectivity index (χ3n) is 5.76. The van der Waals surface area contributed by atoms with Crippen molar-refractivity contribution in [1.82, 2.24) is 25.6 Å². The topological polar surface area (TPSA) is 102 Å². The van der Waals surface area contributed by atoms with E-state index in [1.54, 1.807) is 31.2 Å². The summed E-state index contributed by atoms with van der Waals surface area (Å²) in [5, 5.41) is 3.41. The van der Waals surface area contributed by atoms with Crippen LogP contribution in [0.1, 0.15) is 25.3 Å². The van der Waals surface area contributed by atoms with Gasteiger partial charge in [0.1, 0.15) is 5.54 Å². The van der Waals surface area contributed by atoms with Gasteiger partial charge < -0.3 is 10.2 Å². The minimum atomic E-state index is -1.22. The smallest absolute Gasteiger partial charge is 0.340 e. The summed E-state index contributed by atoms with van der Waals surface area (Å²) in [6, 6.07) is 8.25. The fourth-order valence-electron chi connectivity index (χ4n) is 3.79. The first kappa shape index (κ1) is 19.4. The Morgan fingerprint density at radius 3 is 2.38 bits per heavy atom. The lowest BCUT2D eigenvalue weighted by Gasteiger charge is -2.34. The Morgan fingerprint density at radius 1 is 1.10 bits per heavy atom. The van der Waals surface area contributed by atoms with Gasteiger partial charge in [-0.05, 0) is 25.3 Å². The maximum atomic E-state index is 12.8. The predicted octanol–water partition coefficient (Wildman–Crippen LogP) is 0.0390. The second kappa shape index (κ2) is 7.47. The van der Waals surface area contributed by atoms with Gasteiger partial charge in [-0.2, -0.15) is 5.01 Å². The molecule has 1 saturated carbocycles. The van der Waals surface area contributed by atoms with E-state index < -0.39 is 23.4 Å². The number of piperazine rings is 1. The van der Waals surface area contributed by atoms with Crippen LogP contribution in [-0.2, 0) is 19.9 Å². The number of benzene rings is 1. The fourth-order valence-corrected chi connectivity index (χ4v) is 3.79. The highest BCUT2D eigenvalue weighted by molar-refractivity contribution is 6.08. The zero-order valence-corrected chi connectivity index (χ0v) is 16.4. The van der Waals surface area contributed by atoms with E-state index in [2.05, 4.69) is 10.7 Å². The minimum Gasteiger partial charge on any atom is -0.340 e. The lowest BCUT2D eigenvalue weighted by molar-refractivity contribution is -0.140. The number of rotatable bonds is 5. The molecule has 1 aliphatic carbocycles. The van der Waals surface area contributed by atoms with Crippen LogP contribution in [0.5, 0.6) is 0 Å². The number of hydrazine groups is 1. The summed E-state index contributed by atoms with van der Waals surface area (Å²) in [6.45, 7) is 4.05. The maximum Gasteiger partial charge on any atom is 0.344 e. The Balaban J connectivity index is 1.31. The maximum absolute atomic E-state index is 12.8. The Morgan fingerprint density at radius 2 is 1.76 bits per heavy atom. The van der Waals surface area contributed by atoms with E-state index in [0.29, 0.717) is 31.7 Å². The molecular formula is C20H25N5O4. The normalized spacial score (nSPS) is 25.1. The van der Waals surface area contributed by atoms with Crippen molar-refractivity contribution in [3.05, 3.63) is 35.9 Å². The van der Waals surface area contributed by atoms with Gasteiger partial charge in [-0.1, -0.05) is 30.3 Å². The molecule has 3 aliphatic rings. The SMILES string of the molecule is C[C@@]1(c2ccccc2)NC(=O)N(NC(=O)CN2CCN(C(=O)C3CC3)CC2)C1=O. The van der Waals surface area contributed by atoms with Crippen molar-refractivity contribution in [3.8, 4) is 0 Å². The molecule has 0 bridgehead atoms. The molecule has 2 N–H and O–H groups in total. The summed E-state index contributed by atoms with van der Waals surface area (Å²) in [6.07, 6.45) is 1.96. The first-order valence-electron chi connectivity index (χ1n) is 9.91. The van der Waals surface area contributed by atoms with Crippen molar-refractivity contribution in [2.45, 2.75) is 25.3 Å². The van der Waals surface area contributed by atoms with E-state index >= 15 is 0 Å². The molecular weight excluding hydrogens is 374 g/mol. The van der Waals surface area contributed by atoms with Crippen molar-refractivity contribution in [2.75, 3.05) is 32.7 Å². The van der Waals surface area contributed by atoms with E-state index in [-0.39, 0.29) is 18.4 Å². The van der Waals surface area contributed by atoms with Crippen LogP contribution in [0, 0.1) is 5.92 Å². The van der Waals surface area contributed by atoms with Crippen LogP contribution < -0.4 is 10.7 Å². The molecule has 5 amide bonds. The lowest BCUT2D eigenvalue weighted by atomic mass is 9.92. The zero-order valence-electron chi connectivity index (χ0n) is 16.4. The van der Waals surface area contributed by atoms with Gasteiger partial charge in [0.25, 0.3) is 11.8 Å². The lowest BCUT2D eigenvalue weighted by Crippen LogP contribution is -2.54. The van der Waals surface area contributed by atoms with Gasteiger partial charge in [0.05, 0.1) is 6.54 Å². The fraction of sp³-hybridized carbons (Fsp3) is 0.500. The van der Waals surface area contributed by atoms with Gasteiger partial charge in [-0.15, -0.1) is 0 Å². The van der Waals surface area contributed by atoms with Gasteiger partial charge in [-0.3, -0.25) is 24.7 Å². The quantitative estimate of drug-likeness (QED) is 0.681. The molecule has 0 radical (unpaired) electrons. The summed E-state index contributed by atoms with van der Waals surface area (Å²) in [5.74, 6) is -0.549. The molecule has 9 nitrogen and oxygen atoms in total. The van der Waals surface area contributed by atoms with Crippen LogP contribution in [0.2, 0.25) is 0 Å². The number of carbonyl (C=O) groups is 4. The van der Waals surface area contributed by atoms with Crippen molar-refractivity contribution < 1.29 is 19.2 Å². The highest BCUT2D eigenvalue weighted by atomic mass is 16.2. The molecule has 1 aromatic carbocycles. The summed E-state index contributed by atoms with van der Waals surface area (Å²) >= 11 is 0.